The van der Waals surface area contributed by atoms with Crippen LogP contribution in [-0.2, 0) is 24.4 Å². The number of nitro groups is 1. The summed E-state index contributed by atoms with van der Waals surface area (Å²) in [5, 5.41) is 14.7. The summed E-state index contributed by atoms with van der Waals surface area (Å²) in [4.78, 5) is 24.9. The minimum Gasteiger partial charge on any atom is -0.493 e. The van der Waals surface area contributed by atoms with Crippen molar-refractivity contribution in [3.8, 4) is 11.5 Å². The quantitative estimate of drug-likeness (QED) is 0.236. The Bertz CT molecular complexity index is 1260. The predicted octanol–water partition coefficient (Wildman–Crippen LogP) is 4.61. The van der Waals surface area contributed by atoms with E-state index in [4.69, 9.17) is 14.2 Å². The molecule has 36 heavy (non-hydrogen) atoms. The Balaban J connectivity index is 1.52. The van der Waals surface area contributed by atoms with Gasteiger partial charge in [-0.05, 0) is 41.3 Å². The number of non-ortho nitro benzene ring substituents is 1. The van der Waals surface area contributed by atoms with Crippen LogP contribution >= 0.6 is 0 Å². The molecule has 0 aliphatic carbocycles. The van der Waals surface area contributed by atoms with Crippen molar-refractivity contribution in [2.75, 3.05) is 38.0 Å². The second kappa shape index (κ2) is 11.1. The van der Waals surface area contributed by atoms with Crippen molar-refractivity contribution < 1.29 is 23.9 Å². The molecule has 4 rings (SSSR count). The molecule has 1 aliphatic rings. The van der Waals surface area contributed by atoms with Crippen molar-refractivity contribution in [2.24, 2.45) is 0 Å². The average Bonchev–Trinajstić information content (AvgIpc) is 3.21. The van der Waals surface area contributed by atoms with Crippen LogP contribution in [0.1, 0.15) is 27.0 Å². The third kappa shape index (κ3) is 5.41. The smallest absolute Gasteiger partial charge is 0.270 e. The first kappa shape index (κ1) is 25.0. The molecule has 9 nitrogen and oxygen atoms in total. The molecule has 188 valence electrons. The zero-order chi connectivity index (χ0) is 25.7. The first-order valence-corrected chi connectivity index (χ1v) is 11.5. The standard InChI is InChI=1S/C27H29N3O6/c1-29-23(11-20-6-4-5-7-25(20)29)14-28-24-13-27(26(35-3)12-21(24)15-31)36-17-19-8-18(16-34-2)9-22(10-19)30(32)33/h4-10,12-13,15,23,28H,11,14,16-17H2,1-3H3. The van der Waals surface area contributed by atoms with Gasteiger partial charge in [-0.15, -0.1) is 0 Å². The number of carbonyl (C=O) groups is 1. The van der Waals surface area contributed by atoms with Gasteiger partial charge in [-0.1, -0.05) is 18.2 Å². The second-order valence-electron chi connectivity index (χ2n) is 8.67. The van der Waals surface area contributed by atoms with Crippen molar-refractivity contribution in [3.05, 3.63) is 87.0 Å². The molecule has 0 aromatic heterocycles. The lowest BCUT2D eigenvalue weighted by Gasteiger charge is -2.24. The van der Waals surface area contributed by atoms with E-state index in [9.17, 15) is 14.9 Å². The molecule has 0 spiro atoms. The van der Waals surface area contributed by atoms with E-state index < -0.39 is 4.92 Å². The monoisotopic (exact) mass is 491 g/mol. The fourth-order valence-corrected chi connectivity index (χ4v) is 4.49. The SMILES string of the molecule is COCc1cc(COc2cc(NCC3Cc4ccccc4N3C)c(C=O)cc2OC)cc([N+](=O)[O-])c1. The lowest BCUT2D eigenvalue weighted by molar-refractivity contribution is -0.385. The summed E-state index contributed by atoms with van der Waals surface area (Å²) < 4.78 is 16.6. The molecule has 0 saturated carbocycles. The number of rotatable bonds is 11. The predicted molar refractivity (Wildman–Crippen MR) is 137 cm³/mol. The molecule has 0 bridgehead atoms. The van der Waals surface area contributed by atoms with E-state index in [1.807, 2.05) is 12.1 Å². The van der Waals surface area contributed by atoms with E-state index in [0.29, 0.717) is 40.4 Å². The van der Waals surface area contributed by atoms with Crippen LogP contribution in [-0.4, -0.2) is 45.1 Å². The fraction of sp³-hybridized carbons (Fsp3) is 0.296. The number of nitrogens with zero attached hydrogens (tertiary/aromatic N) is 2. The van der Waals surface area contributed by atoms with Gasteiger partial charge in [-0.2, -0.15) is 0 Å². The molecule has 0 radical (unpaired) electrons. The highest BCUT2D eigenvalue weighted by molar-refractivity contribution is 5.86. The van der Waals surface area contributed by atoms with Gasteiger partial charge in [0.2, 0.25) is 0 Å². The van der Waals surface area contributed by atoms with Crippen LogP contribution in [0.4, 0.5) is 17.1 Å². The summed E-state index contributed by atoms with van der Waals surface area (Å²) in [5.41, 5.74) is 4.86. The van der Waals surface area contributed by atoms with Crippen molar-refractivity contribution in [3.63, 3.8) is 0 Å². The third-order valence-corrected chi connectivity index (χ3v) is 6.32. The van der Waals surface area contributed by atoms with Gasteiger partial charge in [0.25, 0.3) is 5.69 Å². The molecule has 3 aromatic carbocycles. The molecule has 0 fully saturated rings. The maximum Gasteiger partial charge on any atom is 0.270 e. The molecule has 1 atom stereocenters. The number of ether oxygens (including phenoxy) is 3. The van der Waals surface area contributed by atoms with Gasteiger partial charge in [0.1, 0.15) is 6.61 Å². The van der Waals surface area contributed by atoms with Crippen LogP contribution in [0, 0.1) is 10.1 Å². The van der Waals surface area contributed by atoms with Crippen LogP contribution in [0.3, 0.4) is 0 Å². The molecule has 9 heteroatoms. The molecular formula is C27H29N3O6. The number of para-hydroxylation sites is 1. The lowest BCUT2D eigenvalue weighted by Crippen LogP contribution is -2.34. The molecule has 0 amide bonds. The number of nitro benzene ring substituents is 1. The number of aldehydes is 1. The summed E-state index contributed by atoms with van der Waals surface area (Å²) in [6.07, 6.45) is 1.69. The van der Waals surface area contributed by atoms with E-state index in [1.54, 1.807) is 18.2 Å². The first-order valence-electron chi connectivity index (χ1n) is 11.5. The largest absolute Gasteiger partial charge is 0.493 e. The van der Waals surface area contributed by atoms with Crippen LogP contribution in [0.25, 0.3) is 0 Å². The minimum absolute atomic E-state index is 0.0320. The van der Waals surface area contributed by atoms with Crippen LogP contribution < -0.4 is 19.7 Å². The van der Waals surface area contributed by atoms with E-state index in [2.05, 4.69) is 29.4 Å². The van der Waals surface area contributed by atoms with E-state index >= 15 is 0 Å². The number of hydrogen-bond acceptors (Lipinski definition) is 8. The number of nitrogens with one attached hydrogen (secondary N) is 1. The first-order chi connectivity index (χ1) is 17.4. The summed E-state index contributed by atoms with van der Waals surface area (Å²) in [6.45, 7) is 0.956. The number of fused-ring (bicyclic) bond motifs is 1. The van der Waals surface area contributed by atoms with E-state index in [-0.39, 0.29) is 24.9 Å². The zero-order valence-electron chi connectivity index (χ0n) is 20.5. The molecule has 0 saturated heterocycles. The highest BCUT2D eigenvalue weighted by atomic mass is 16.6. The van der Waals surface area contributed by atoms with Gasteiger partial charge in [-0.25, -0.2) is 0 Å². The Kier molecular flexibility index (Phi) is 7.70. The van der Waals surface area contributed by atoms with Gasteiger partial charge in [0.15, 0.2) is 17.8 Å². The maximum atomic E-state index is 11.8. The lowest BCUT2D eigenvalue weighted by atomic mass is 10.1. The van der Waals surface area contributed by atoms with Crippen LogP contribution in [0.15, 0.2) is 54.6 Å². The second-order valence-corrected chi connectivity index (χ2v) is 8.67. The third-order valence-electron chi connectivity index (χ3n) is 6.32. The minimum atomic E-state index is -0.442. The highest BCUT2D eigenvalue weighted by Gasteiger charge is 2.26. The van der Waals surface area contributed by atoms with Gasteiger partial charge in [0, 0.05) is 55.8 Å². The van der Waals surface area contributed by atoms with Crippen molar-refractivity contribution >= 4 is 23.3 Å². The van der Waals surface area contributed by atoms with Gasteiger partial charge in [0.05, 0.1) is 24.7 Å². The summed E-state index contributed by atoms with van der Waals surface area (Å²) in [7, 11) is 5.10. The molecule has 1 heterocycles. The fourth-order valence-electron chi connectivity index (χ4n) is 4.49. The molecule has 1 aliphatic heterocycles. The number of carbonyl (C=O) groups excluding carboxylic acids is 1. The van der Waals surface area contributed by atoms with Gasteiger partial charge in [-0.3, -0.25) is 14.9 Å². The average molecular weight is 492 g/mol. The zero-order valence-corrected chi connectivity index (χ0v) is 20.5. The normalized spacial score (nSPS) is 14.3. The van der Waals surface area contributed by atoms with Gasteiger partial charge < -0.3 is 24.4 Å². The van der Waals surface area contributed by atoms with E-state index in [1.165, 1.54) is 37.6 Å². The topological polar surface area (TPSA) is 103 Å². The number of anilines is 2. The Morgan fingerprint density at radius 3 is 2.50 bits per heavy atom. The number of methoxy groups -OCH3 is 2. The van der Waals surface area contributed by atoms with Crippen molar-refractivity contribution in [2.45, 2.75) is 25.7 Å². The molecule has 3 aromatic rings. The van der Waals surface area contributed by atoms with Crippen molar-refractivity contribution in [1.82, 2.24) is 0 Å². The van der Waals surface area contributed by atoms with Crippen LogP contribution in [0.2, 0.25) is 0 Å². The molecular weight excluding hydrogens is 462 g/mol. The Morgan fingerprint density at radius 2 is 1.83 bits per heavy atom. The Morgan fingerprint density at radius 1 is 1.08 bits per heavy atom. The number of benzene rings is 3. The summed E-state index contributed by atoms with van der Waals surface area (Å²) in [6, 6.07) is 16.7. The van der Waals surface area contributed by atoms with Crippen molar-refractivity contribution in [1.29, 1.82) is 0 Å². The van der Waals surface area contributed by atoms with Crippen LogP contribution in [0.5, 0.6) is 11.5 Å². The maximum absolute atomic E-state index is 11.8. The Hall–Kier alpha value is -4.11. The highest BCUT2D eigenvalue weighted by Crippen LogP contribution is 2.35. The number of likely N-dealkylation sites (N-methyl/N-ethyl adjacent to an activating group) is 1. The summed E-state index contributed by atoms with van der Waals surface area (Å²) >= 11 is 0. The molecule has 1 unspecified atom stereocenters. The molecule has 1 N–H and O–H groups in total. The Labute approximate surface area is 209 Å². The summed E-state index contributed by atoms with van der Waals surface area (Å²) in [5.74, 6) is 0.823. The van der Waals surface area contributed by atoms with Gasteiger partial charge >= 0.3 is 0 Å². The number of hydrogen-bond donors (Lipinski definition) is 1. The van der Waals surface area contributed by atoms with E-state index in [0.717, 1.165) is 12.7 Å².